The van der Waals surface area contributed by atoms with Gasteiger partial charge in [0.25, 0.3) is 0 Å². The van der Waals surface area contributed by atoms with Gasteiger partial charge in [0.1, 0.15) is 0 Å². The summed E-state index contributed by atoms with van der Waals surface area (Å²) in [6, 6.07) is 0. The van der Waals surface area contributed by atoms with Gasteiger partial charge in [0.05, 0.1) is 16.7 Å². The maximum atomic E-state index is 13.6. The minimum atomic E-state index is -0.808. The van der Waals surface area contributed by atoms with Crippen LogP contribution in [0.25, 0.3) is 0 Å². The van der Waals surface area contributed by atoms with Gasteiger partial charge in [-0.05, 0) is 39.3 Å². The van der Waals surface area contributed by atoms with Crippen LogP contribution in [-0.4, -0.2) is 28.3 Å². The quantitative estimate of drug-likeness (QED) is 0.436. The van der Waals surface area contributed by atoms with Gasteiger partial charge in [0.2, 0.25) is 11.2 Å². The van der Waals surface area contributed by atoms with Gasteiger partial charge in [0, 0.05) is 6.20 Å². The molecule has 1 aromatic rings. The van der Waals surface area contributed by atoms with Gasteiger partial charge in [-0.1, -0.05) is 0 Å². The molecule has 2 rings (SSSR count). The van der Waals surface area contributed by atoms with E-state index in [1.807, 2.05) is 27.7 Å². The maximum Gasteiger partial charge on any atom is 0.501 e. The molecule has 1 aliphatic rings. The van der Waals surface area contributed by atoms with Gasteiger partial charge < -0.3 is 9.31 Å². The molecule has 0 aliphatic carbocycles. The molecule has 0 unspecified atom stereocenters. The van der Waals surface area contributed by atoms with Crippen LogP contribution in [0, 0.1) is 5.95 Å². The fourth-order valence-electron chi connectivity index (χ4n) is 1.48. The molecule has 0 spiro atoms. The highest BCUT2D eigenvalue weighted by molar-refractivity contribution is 6.62. The lowest BCUT2D eigenvalue weighted by molar-refractivity contribution is 0.00578. The SMILES string of the molecule is CC1(C)OB(c2cnc(Cl)nc2F)OC1(C)C. The Labute approximate surface area is 105 Å². The summed E-state index contributed by atoms with van der Waals surface area (Å²) in [5.74, 6) is -0.719. The second-order valence-corrected chi connectivity index (χ2v) is 5.31. The Morgan fingerprint density at radius 1 is 1.24 bits per heavy atom. The first-order valence-electron chi connectivity index (χ1n) is 5.26. The smallest absolute Gasteiger partial charge is 0.399 e. The summed E-state index contributed by atoms with van der Waals surface area (Å²) < 4.78 is 25.0. The van der Waals surface area contributed by atoms with E-state index in [0.717, 1.165) is 0 Å². The van der Waals surface area contributed by atoms with Crippen molar-refractivity contribution in [3.63, 3.8) is 0 Å². The van der Waals surface area contributed by atoms with Gasteiger partial charge in [-0.25, -0.2) is 4.98 Å². The van der Waals surface area contributed by atoms with E-state index in [0.29, 0.717) is 0 Å². The molecule has 7 heteroatoms. The third kappa shape index (κ3) is 2.17. The summed E-state index contributed by atoms with van der Waals surface area (Å²) in [6.45, 7) is 7.56. The number of nitrogens with zero attached hydrogens (tertiary/aromatic N) is 2. The first-order valence-corrected chi connectivity index (χ1v) is 5.64. The van der Waals surface area contributed by atoms with Crippen LogP contribution in [0.2, 0.25) is 5.28 Å². The third-order valence-corrected chi connectivity index (χ3v) is 3.43. The summed E-state index contributed by atoms with van der Waals surface area (Å²) in [7, 11) is -0.808. The number of halogens is 2. The molecule has 1 aliphatic heterocycles. The third-order valence-electron chi connectivity index (χ3n) is 3.25. The molecule has 92 valence electrons. The average Bonchev–Trinajstić information content (AvgIpc) is 2.35. The van der Waals surface area contributed by atoms with Crippen molar-refractivity contribution in [1.82, 2.24) is 9.97 Å². The molecule has 4 nitrogen and oxygen atoms in total. The van der Waals surface area contributed by atoms with Crippen molar-refractivity contribution < 1.29 is 13.7 Å². The monoisotopic (exact) mass is 258 g/mol. The van der Waals surface area contributed by atoms with Crippen molar-refractivity contribution >= 4 is 24.2 Å². The topological polar surface area (TPSA) is 44.2 Å². The minimum Gasteiger partial charge on any atom is -0.399 e. The van der Waals surface area contributed by atoms with E-state index < -0.39 is 24.3 Å². The predicted molar refractivity (Wildman–Crippen MR) is 62.7 cm³/mol. The van der Waals surface area contributed by atoms with Gasteiger partial charge in [-0.15, -0.1) is 0 Å². The van der Waals surface area contributed by atoms with Gasteiger partial charge >= 0.3 is 7.12 Å². The van der Waals surface area contributed by atoms with Crippen LogP contribution in [-0.2, 0) is 9.31 Å². The van der Waals surface area contributed by atoms with Gasteiger partial charge in [0.15, 0.2) is 0 Å². The molecular weight excluding hydrogens is 245 g/mol. The molecule has 0 radical (unpaired) electrons. The van der Waals surface area contributed by atoms with Crippen LogP contribution in [0.15, 0.2) is 6.20 Å². The molecule has 1 fully saturated rings. The fourth-order valence-corrected chi connectivity index (χ4v) is 1.60. The maximum absolute atomic E-state index is 13.6. The Morgan fingerprint density at radius 2 is 1.76 bits per heavy atom. The Bertz CT molecular complexity index is 440. The average molecular weight is 258 g/mol. The molecule has 0 atom stereocenters. The highest BCUT2D eigenvalue weighted by Gasteiger charge is 2.52. The molecular formula is C10H13BClFN2O2. The van der Waals surface area contributed by atoms with Crippen LogP contribution >= 0.6 is 11.6 Å². The predicted octanol–water partition coefficient (Wildman–Crippen LogP) is 1.57. The second-order valence-electron chi connectivity index (χ2n) is 4.97. The molecule has 17 heavy (non-hydrogen) atoms. The van der Waals surface area contributed by atoms with Crippen molar-refractivity contribution in [2.24, 2.45) is 0 Å². The molecule has 0 saturated carbocycles. The zero-order valence-electron chi connectivity index (χ0n) is 10.1. The van der Waals surface area contributed by atoms with Crippen molar-refractivity contribution in [2.75, 3.05) is 0 Å². The Balaban J connectivity index is 2.32. The largest absolute Gasteiger partial charge is 0.501 e. The first-order chi connectivity index (χ1) is 7.73. The molecule has 0 N–H and O–H groups in total. The second kappa shape index (κ2) is 3.90. The Kier molecular flexibility index (Phi) is 2.92. The van der Waals surface area contributed by atoms with Crippen molar-refractivity contribution in [3.8, 4) is 0 Å². The van der Waals surface area contributed by atoms with Crippen molar-refractivity contribution in [3.05, 3.63) is 17.4 Å². The fraction of sp³-hybridized carbons (Fsp3) is 0.600. The van der Waals surface area contributed by atoms with Crippen LogP contribution in [0.4, 0.5) is 4.39 Å². The van der Waals surface area contributed by atoms with E-state index in [1.54, 1.807) is 0 Å². The molecule has 2 heterocycles. The first kappa shape index (κ1) is 12.7. The highest BCUT2D eigenvalue weighted by Crippen LogP contribution is 2.36. The number of rotatable bonds is 1. The number of hydrogen-bond donors (Lipinski definition) is 0. The van der Waals surface area contributed by atoms with E-state index in [4.69, 9.17) is 20.9 Å². The normalized spacial score (nSPS) is 21.9. The van der Waals surface area contributed by atoms with Crippen LogP contribution in [0.3, 0.4) is 0 Å². The lowest BCUT2D eigenvalue weighted by Crippen LogP contribution is -2.41. The van der Waals surface area contributed by atoms with E-state index in [2.05, 4.69) is 9.97 Å². The highest BCUT2D eigenvalue weighted by atomic mass is 35.5. The summed E-state index contributed by atoms with van der Waals surface area (Å²) in [4.78, 5) is 7.18. The zero-order valence-corrected chi connectivity index (χ0v) is 10.9. The number of hydrogen-bond acceptors (Lipinski definition) is 4. The molecule has 0 bridgehead atoms. The standard InChI is InChI=1S/C10H13BClFN2O2/c1-9(2)10(3,4)17-11(16-9)6-5-14-8(12)15-7(6)13/h5H,1-4H3. The zero-order chi connectivity index (χ0) is 12.8. The van der Waals surface area contributed by atoms with Crippen LogP contribution in [0.5, 0.6) is 0 Å². The van der Waals surface area contributed by atoms with Crippen molar-refractivity contribution in [1.29, 1.82) is 0 Å². The lowest BCUT2D eigenvalue weighted by atomic mass is 9.81. The van der Waals surface area contributed by atoms with Crippen LogP contribution in [0.1, 0.15) is 27.7 Å². The molecule has 1 saturated heterocycles. The molecule has 0 amide bonds. The lowest BCUT2D eigenvalue weighted by Gasteiger charge is -2.32. The summed E-state index contributed by atoms with van der Waals surface area (Å²) in [6.07, 6.45) is 1.28. The Morgan fingerprint density at radius 3 is 2.24 bits per heavy atom. The van der Waals surface area contributed by atoms with Gasteiger partial charge in [-0.3, -0.25) is 0 Å². The summed E-state index contributed by atoms with van der Waals surface area (Å²) in [5, 5.41) is -0.136. The van der Waals surface area contributed by atoms with E-state index in [1.165, 1.54) is 6.20 Å². The van der Waals surface area contributed by atoms with Crippen LogP contribution < -0.4 is 5.46 Å². The van der Waals surface area contributed by atoms with E-state index >= 15 is 0 Å². The van der Waals surface area contributed by atoms with E-state index in [-0.39, 0.29) is 10.7 Å². The number of aromatic nitrogens is 2. The Hall–Kier alpha value is -0.715. The van der Waals surface area contributed by atoms with Gasteiger partial charge in [-0.2, -0.15) is 9.37 Å². The summed E-state index contributed by atoms with van der Waals surface area (Å²) in [5.41, 5.74) is -0.888. The molecule has 1 aromatic heterocycles. The van der Waals surface area contributed by atoms with E-state index in [9.17, 15) is 4.39 Å². The minimum absolute atomic E-state index is 0.136. The van der Waals surface area contributed by atoms with Crippen molar-refractivity contribution in [2.45, 2.75) is 38.9 Å². The summed E-state index contributed by atoms with van der Waals surface area (Å²) >= 11 is 5.49. The molecule has 0 aromatic carbocycles.